The first kappa shape index (κ1) is 13.4. The fraction of sp³-hybridized carbons (Fsp3) is 0.182. The van der Waals surface area contributed by atoms with E-state index in [1.165, 1.54) is 12.1 Å². The number of ether oxygens (including phenoxy) is 1. The van der Waals surface area contributed by atoms with Gasteiger partial charge in [0.2, 0.25) is 0 Å². The van der Waals surface area contributed by atoms with Gasteiger partial charge in [0.1, 0.15) is 4.48 Å². The third kappa shape index (κ3) is 3.99. The molecule has 0 saturated heterocycles. The van der Waals surface area contributed by atoms with E-state index >= 15 is 0 Å². The largest absolute Gasteiger partial charge is 0.462 e. The Morgan fingerprint density at radius 2 is 2.06 bits per heavy atom. The molecule has 6 heteroatoms. The molecule has 0 saturated carbocycles. The number of nitrogens with zero attached hydrogens (tertiary/aromatic N) is 1. The van der Waals surface area contributed by atoms with E-state index in [4.69, 9.17) is 4.74 Å². The maximum Gasteiger partial charge on any atom is 0.345 e. The van der Waals surface area contributed by atoms with Gasteiger partial charge in [-0.05, 0) is 46.6 Å². The van der Waals surface area contributed by atoms with Crippen LogP contribution in [0.3, 0.4) is 0 Å². The van der Waals surface area contributed by atoms with Gasteiger partial charge in [0, 0.05) is 12.1 Å². The Kier molecular flexibility index (Phi) is 4.84. The van der Waals surface area contributed by atoms with Gasteiger partial charge in [-0.3, -0.25) is 10.1 Å². The van der Waals surface area contributed by atoms with Crippen LogP contribution in [0.1, 0.15) is 12.5 Å². The smallest absolute Gasteiger partial charge is 0.345 e. The molecule has 17 heavy (non-hydrogen) atoms. The van der Waals surface area contributed by atoms with E-state index in [-0.39, 0.29) is 10.2 Å². The first-order chi connectivity index (χ1) is 8.04. The number of nitro groups is 1. The highest BCUT2D eigenvalue weighted by Crippen LogP contribution is 2.17. The van der Waals surface area contributed by atoms with E-state index in [1.54, 1.807) is 25.1 Å². The van der Waals surface area contributed by atoms with Gasteiger partial charge in [0.15, 0.2) is 0 Å². The van der Waals surface area contributed by atoms with Crippen molar-refractivity contribution in [2.75, 3.05) is 6.61 Å². The molecule has 0 aliphatic heterocycles. The predicted molar refractivity (Wildman–Crippen MR) is 66.6 cm³/mol. The number of rotatable bonds is 4. The van der Waals surface area contributed by atoms with Gasteiger partial charge < -0.3 is 4.74 Å². The summed E-state index contributed by atoms with van der Waals surface area (Å²) in [6, 6.07) is 5.85. The lowest BCUT2D eigenvalue weighted by atomic mass is 10.2. The summed E-state index contributed by atoms with van der Waals surface area (Å²) in [4.78, 5) is 21.2. The molecule has 0 amide bonds. The lowest BCUT2D eigenvalue weighted by molar-refractivity contribution is -0.384. The van der Waals surface area contributed by atoms with Crippen molar-refractivity contribution in [3.63, 3.8) is 0 Å². The van der Waals surface area contributed by atoms with E-state index < -0.39 is 10.9 Å². The molecule has 0 aliphatic rings. The Bertz CT molecular complexity index is 453. The molecule has 1 aromatic carbocycles. The van der Waals surface area contributed by atoms with Gasteiger partial charge in [-0.2, -0.15) is 0 Å². The van der Waals surface area contributed by atoms with Crippen LogP contribution in [-0.4, -0.2) is 17.5 Å². The molecular weight excluding hydrogens is 290 g/mol. The third-order valence-corrected chi connectivity index (χ3v) is 2.42. The van der Waals surface area contributed by atoms with E-state index in [0.29, 0.717) is 12.2 Å². The second-order valence-electron chi connectivity index (χ2n) is 3.06. The van der Waals surface area contributed by atoms with Crippen LogP contribution in [-0.2, 0) is 9.53 Å². The minimum absolute atomic E-state index is 0.00871. The Morgan fingerprint density at radius 1 is 1.47 bits per heavy atom. The number of esters is 1. The molecule has 0 atom stereocenters. The van der Waals surface area contributed by atoms with E-state index in [2.05, 4.69) is 15.9 Å². The molecule has 0 N–H and O–H groups in total. The number of carbonyl (C=O) groups is 1. The fourth-order valence-corrected chi connectivity index (χ4v) is 1.48. The lowest BCUT2D eigenvalue weighted by Gasteiger charge is -2.00. The molecule has 0 bridgehead atoms. The number of hydrogen-bond donors (Lipinski definition) is 0. The van der Waals surface area contributed by atoms with Crippen LogP contribution in [0.15, 0.2) is 28.7 Å². The molecule has 1 rings (SSSR count). The van der Waals surface area contributed by atoms with Crippen LogP contribution < -0.4 is 0 Å². The molecule has 5 nitrogen and oxygen atoms in total. The zero-order valence-electron chi connectivity index (χ0n) is 9.05. The number of hydrogen-bond acceptors (Lipinski definition) is 4. The van der Waals surface area contributed by atoms with Gasteiger partial charge in [-0.25, -0.2) is 4.79 Å². The molecule has 0 aliphatic carbocycles. The number of nitro benzene ring substituents is 1. The van der Waals surface area contributed by atoms with Crippen molar-refractivity contribution >= 4 is 33.7 Å². The standard InChI is InChI=1S/C11H10BrNO4/c1-2-17-11(14)10(12)7-8-3-5-9(6-4-8)13(15)16/h3-7H,2H2,1H3/b10-7+. The second kappa shape index (κ2) is 6.15. The molecule has 0 aromatic heterocycles. The van der Waals surface area contributed by atoms with E-state index in [9.17, 15) is 14.9 Å². The minimum atomic E-state index is -0.478. The molecular formula is C11H10BrNO4. The summed E-state index contributed by atoms with van der Waals surface area (Å²) in [5.74, 6) is -0.467. The normalized spacial score (nSPS) is 11.1. The minimum Gasteiger partial charge on any atom is -0.462 e. The highest BCUT2D eigenvalue weighted by atomic mass is 79.9. The number of benzene rings is 1. The highest BCUT2D eigenvalue weighted by Gasteiger charge is 2.07. The molecule has 0 radical (unpaired) electrons. The molecule has 0 heterocycles. The van der Waals surface area contributed by atoms with Crippen molar-refractivity contribution in [2.24, 2.45) is 0 Å². The molecule has 1 aromatic rings. The monoisotopic (exact) mass is 299 g/mol. The van der Waals surface area contributed by atoms with E-state index in [1.807, 2.05) is 0 Å². The summed E-state index contributed by atoms with van der Waals surface area (Å²) in [6.07, 6.45) is 1.54. The topological polar surface area (TPSA) is 69.4 Å². The Labute approximate surface area is 106 Å². The first-order valence-electron chi connectivity index (χ1n) is 4.83. The highest BCUT2D eigenvalue weighted by molar-refractivity contribution is 9.12. The van der Waals surface area contributed by atoms with Crippen LogP contribution in [0.5, 0.6) is 0 Å². The maximum absolute atomic E-state index is 11.3. The number of halogens is 1. The molecule has 90 valence electrons. The summed E-state index contributed by atoms with van der Waals surface area (Å²) in [6.45, 7) is 2.01. The zero-order chi connectivity index (χ0) is 12.8. The lowest BCUT2D eigenvalue weighted by Crippen LogP contribution is -2.02. The van der Waals surface area contributed by atoms with Crippen LogP contribution >= 0.6 is 15.9 Å². The summed E-state index contributed by atoms with van der Waals surface area (Å²) in [7, 11) is 0. The average Bonchev–Trinajstić information content (AvgIpc) is 2.30. The van der Waals surface area contributed by atoms with Crippen LogP contribution in [0.4, 0.5) is 5.69 Å². The Hall–Kier alpha value is -1.69. The van der Waals surface area contributed by atoms with E-state index in [0.717, 1.165) is 0 Å². The summed E-state index contributed by atoms with van der Waals surface area (Å²) in [5.41, 5.74) is 0.685. The van der Waals surface area contributed by atoms with Crippen molar-refractivity contribution < 1.29 is 14.5 Å². The third-order valence-electron chi connectivity index (χ3n) is 1.87. The van der Waals surface area contributed by atoms with Crippen molar-refractivity contribution in [3.8, 4) is 0 Å². The zero-order valence-corrected chi connectivity index (χ0v) is 10.6. The van der Waals surface area contributed by atoms with Crippen LogP contribution in [0, 0.1) is 10.1 Å². The van der Waals surface area contributed by atoms with Gasteiger partial charge in [-0.15, -0.1) is 0 Å². The van der Waals surface area contributed by atoms with Gasteiger partial charge in [-0.1, -0.05) is 0 Å². The number of carbonyl (C=O) groups excluding carboxylic acids is 1. The van der Waals surface area contributed by atoms with Crippen molar-refractivity contribution in [1.82, 2.24) is 0 Å². The quantitative estimate of drug-likeness (QED) is 0.371. The van der Waals surface area contributed by atoms with Crippen molar-refractivity contribution in [1.29, 1.82) is 0 Å². The van der Waals surface area contributed by atoms with Gasteiger partial charge in [0.25, 0.3) is 5.69 Å². The molecule has 0 spiro atoms. The van der Waals surface area contributed by atoms with Crippen molar-refractivity contribution in [2.45, 2.75) is 6.92 Å². The van der Waals surface area contributed by atoms with Crippen LogP contribution in [0.2, 0.25) is 0 Å². The maximum atomic E-state index is 11.3. The molecule has 0 unspecified atom stereocenters. The van der Waals surface area contributed by atoms with Gasteiger partial charge >= 0.3 is 5.97 Å². The molecule has 0 fully saturated rings. The predicted octanol–water partition coefficient (Wildman–Crippen LogP) is 2.89. The summed E-state index contributed by atoms with van der Waals surface area (Å²) < 4.78 is 5.05. The van der Waals surface area contributed by atoms with Crippen molar-refractivity contribution in [3.05, 3.63) is 44.4 Å². The SMILES string of the molecule is CCOC(=O)/C(Br)=C\c1ccc([N+](=O)[O-])cc1. The fourth-order valence-electron chi connectivity index (χ4n) is 1.10. The van der Waals surface area contributed by atoms with Crippen LogP contribution in [0.25, 0.3) is 6.08 Å². The summed E-state index contributed by atoms with van der Waals surface area (Å²) in [5, 5.41) is 10.4. The van der Waals surface area contributed by atoms with Gasteiger partial charge in [0.05, 0.1) is 11.5 Å². The Balaban J connectivity index is 2.84. The average molecular weight is 300 g/mol. The Morgan fingerprint density at radius 3 is 2.53 bits per heavy atom. The number of non-ortho nitro benzene ring substituents is 1. The first-order valence-corrected chi connectivity index (χ1v) is 5.62. The second-order valence-corrected chi connectivity index (χ2v) is 3.92. The summed E-state index contributed by atoms with van der Waals surface area (Å²) >= 11 is 3.08.